The van der Waals surface area contributed by atoms with Crippen LogP contribution in [0.25, 0.3) is 0 Å². The Morgan fingerprint density at radius 3 is 1.49 bits per heavy atom. The van der Waals surface area contributed by atoms with Crippen LogP contribution in [0.3, 0.4) is 0 Å². The first-order valence-electron chi connectivity index (χ1n) is 13.0. The van der Waals surface area contributed by atoms with E-state index in [1.165, 1.54) is 27.9 Å². The summed E-state index contributed by atoms with van der Waals surface area (Å²) in [5, 5.41) is 3.73. The van der Waals surface area contributed by atoms with Gasteiger partial charge < -0.3 is 30.3 Å². The fourth-order valence-corrected chi connectivity index (χ4v) is 11.4. The summed E-state index contributed by atoms with van der Waals surface area (Å²) in [6.45, 7) is 19.1. The minimum atomic E-state index is -0.433. The Labute approximate surface area is 240 Å². The van der Waals surface area contributed by atoms with Crippen molar-refractivity contribution in [3.63, 3.8) is 0 Å². The zero-order valence-corrected chi connectivity index (χ0v) is 26.8. The van der Waals surface area contributed by atoms with Gasteiger partial charge in [-0.05, 0) is 58.2 Å². The Kier molecular flexibility index (Phi) is 12.1. The molecule has 0 aromatic heterocycles. The summed E-state index contributed by atoms with van der Waals surface area (Å²) < 4.78 is 0. The van der Waals surface area contributed by atoms with Crippen LogP contribution in [0, 0.1) is 13.8 Å². The SMILES string of the molecule is Cc1ccccc1P(C[c-]1cccc1CP(C(C)(C)C)C(C)(C)C)c1ccccc1C.[Fe].[cH-]1[cH-][cH-][cH-][cH-]1. The third-order valence-electron chi connectivity index (χ3n) is 6.65. The predicted molar refractivity (Wildman–Crippen MR) is 166 cm³/mol. The van der Waals surface area contributed by atoms with E-state index in [0.29, 0.717) is 10.3 Å². The van der Waals surface area contributed by atoms with Crippen LogP contribution in [-0.4, -0.2) is 10.3 Å². The van der Waals surface area contributed by atoms with Crippen LogP contribution in [-0.2, 0) is 29.4 Å². The van der Waals surface area contributed by atoms with Crippen molar-refractivity contribution in [2.75, 3.05) is 0 Å². The second-order valence-corrected chi connectivity index (χ2v) is 17.6. The van der Waals surface area contributed by atoms with Gasteiger partial charge in [0.15, 0.2) is 0 Å². The Balaban J connectivity index is 0.000000716. The maximum atomic E-state index is 2.43. The third-order valence-corrected chi connectivity index (χ3v) is 13.4. The minimum absolute atomic E-state index is 0. The van der Waals surface area contributed by atoms with Crippen LogP contribution >= 0.6 is 15.8 Å². The zero-order valence-electron chi connectivity index (χ0n) is 23.9. The third kappa shape index (κ3) is 9.05. The Morgan fingerprint density at radius 2 is 1.08 bits per heavy atom. The van der Waals surface area contributed by atoms with Gasteiger partial charge >= 0.3 is 0 Å². The molecule has 204 valence electrons. The zero-order chi connectivity index (χ0) is 26.3. The van der Waals surface area contributed by atoms with Crippen LogP contribution in [0.2, 0.25) is 0 Å². The van der Waals surface area contributed by atoms with E-state index in [1.54, 1.807) is 11.1 Å². The molecule has 4 aromatic carbocycles. The van der Waals surface area contributed by atoms with Crippen molar-refractivity contribution < 1.29 is 17.1 Å². The fourth-order valence-electron chi connectivity index (χ4n) is 4.98. The molecular weight excluding hydrogens is 526 g/mol. The number of aryl methyl sites for hydroxylation is 2. The molecule has 0 aliphatic carbocycles. The van der Waals surface area contributed by atoms with Crippen LogP contribution in [0.1, 0.15) is 63.8 Å². The molecule has 0 unspecified atom stereocenters. The summed E-state index contributed by atoms with van der Waals surface area (Å²) >= 11 is 0. The van der Waals surface area contributed by atoms with Crippen molar-refractivity contribution in [1.29, 1.82) is 0 Å². The summed E-state index contributed by atoms with van der Waals surface area (Å²) in [5.41, 5.74) is 5.96. The largest absolute Gasteiger partial charge is 0.748 e. The number of benzene rings is 2. The minimum Gasteiger partial charge on any atom is -0.748 e. The van der Waals surface area contributed by atoms with E-state index in [4.69, 9.17) is 0 Å². The van der Waals surface area contributed by atoms with Gasteiger partial charge in [-0.25, -0.2) is 12.1 Å². The summed E-state index contributed by atoms with van der Waals surface area (Å²) in [6.07, 6.45) is 2.35. The van der Waals surface area contributed by atoms with E-state index in [1.807, 2.05) is 30.3 Å². The molecule has 0 radical (unpaired) electrons. The first-order chi connectivity index (χ1) is 17.0. The van der Waals surface area contributed by atoms with E-state index in [2.05, 4.69) is 122 Å². The van der Waals surface area contributed by atoms with Crippen LogP contribution in [0.5, 0.6) is 0 Å². The summed E-state index contributed by atoms with van der Waals surface area (Å²) in [4.78, 5) is 0. The predicted octanol–water partition coefficient (Wildman–Crippen LogP) is 9.64. The molecule has 0 bridgehead atoms. The summed E-state index contributed by atoms with van der Waals surface area (Å²) in [6, 6.07) is 35.1. The number of hydrogen-bond acceptors (Lipinski definition) is 0. The van der Waals surface area contributed by atoms with Gasteiger partial charge in [0, 0.05) is 17.1 Å². The van der Waals surface area contributed by atoms with Gasteiger partial charge in [-0.2, -0.15) is 11.6 Å². The van der Waals surface area contributed by atoms with Gasteiger partial charge in [0.1, 0.15) is 0 Å². The Hall–Kier alpha value is -1.48. The number of rotatable bonds is 6. The molecule has 4 aromatic rings. The Bertz CT molecular complexity index is 1110. The van der Waals surface area contributed by atoms with E-state index < -0.39 is 7.92 Å². The molecule has 37 heavy (non-hydrogen) atoms. The van der Waals surface area contributed by atoms with Gasteiger partial charge in [-0.15, -0.1) is 5.56 Å². The molecule has 0 spiro atoms. The van der Waals surface area contributed by atoms with Crippen LogP contribution < -0.4 is 10.6 Å². The monoisotopic (exact) mass is 570 g/mol. The normalized spacial score (nSPS) is 11.7. The maximum Gasteiger partial charge on any atom is 0 e. The molecule has 0 heterocycles. The molecule has 3 heteroatoms. The van der Waals surface area contributed by atoms with Crippen LogP contribution in [0.4, 0.5) is 0 Å². The molecule has 0 nitrogen and oxygen atoms in total. The van der Waals surface area contributed by atoms with Crippen molar-refractivity contribution in [1.82, 2.24) is 0 Å². The molecule has 0 atom stereocenters. The molecule has 0 saturated heterocycles. The van der Waals surface area contributed by atoms with Crippen molar-refractivity contribution in [3.05, 3.63) is 119 Å². The fraction of sp³-hybridized carbons (Fsp3) is 0.353. The van der Waals surface area contributed by atoms with Crippen molar-refractivity contribution in [3.8, 4) is 0 Å². The first kappa shape index (κ1) is 31.7. The van der Waals surface area contributed by atoms with Crippen molar-refractivity contribution in [2.45, 2.75) is 78.0 Å². The molecule has 0 aliphatic rings. The second kappa shape index (κ2) is 14.1. The van der Waals surface area contributed by atoms with E-state index >= 15 is 0 Å². The molecular formula is C34H44FeP2-6. The van der Waals surface area contributed by atoms with Crippen molar-refractivity contribution >= 4 is 26.5 Å². The first-order valence-corrected chi connectivity index (χ1v) is 16.1. The standard InChI is InChI=1S/C29H39P2.C5H5.Fe/c1-22-14-9-11-18-26(22)30(27-19-12-10-15-23(27)2)20-24-16-13-17-25(24)21-31(28(3,4)5)29(6,7)8;1-2-4-5-3-1;/h9-19H,20-21H2,1-8H3;1-5H;/q-1;-5;. The quantitative estimate of drug-likeness (QED) is 0.123. The maximum absolute atomic E-state index is 2.43. The molecule has 0 amide bonds. The smallest absolute Gasteiger partial charge is 0 e. The van der Waals surface area contributed by atoms with Gasteiger partial charge in [0.25, 0.3) is 0 Å². The summed E-state index contributed by atoms with van der Waals surface area (Å²) in [7, 11) is -0.582. The Morgan fingerprint density at radius 1 is 0.649 bits per heavy atom. The van der Waals surface area contributed by atoms with Gasteiger partial charge in [0.05, 0.1) is 0 Å². The van der Waals surface area contributed by atoms with Crippen LogP contribution in [0.15, 0.2) is 97.1 Å². The van der Waals surface area contributed by atoms with E-state index in [-0.39, 0.29) is 25.0 Å². The van der Waals surface area contributed by atoms with Gasteiger partial charge in [-0.1, -0.05) is 106 Å². The van der Waals surface area contributed by atoms with Gasteiger partial charge in [-0.3, -0.25) is 0 Å². The molecule has 0 saturated carbocycles. The summed E-state index contributed by atoms with van der Waals surface area (Å²) in [5.74, 6) is 0. The molecule has 4 rings (SSSR count). The molecule has 0 N–H and O–H groups in total. The van der Waals surface area contributed by atoms with E-state index in [9.17, 15) is 0 Å². The molecule has 0 fully saturated rings. The molecule has 0 aliphatic heterocycles. The number of hydrogen-bond donors (Lipinski definition) is 0. The topological polar surface area (TPSA) is 0 Å². The second-order valence-electron chi connectivity index (χ2n) is 11.6. The van der Waals surface area contributed by atoms with Gasteiger partial charge in [0.2, 0.25) is 0 Å². The average molecular weight is 571 g/mol. The van der Waals surface area contributed by atoms with Crippen molar-refractivity contribution in [2.24, 2.45) is 0 Å². The average Bonchev–Trinajstić information content (AvgIpc) is 3.51. The van der Waals surface area contributed by atoms with E-state index in [0.717, 1.165) is 6.16 Å².